The van der Waals surface area contributed by atoms with Crippen molar-refractivity contribution in [1.82, 2.24) is 10.2 Å². The van der Waals surface area contributed by atoms with E-state index in [0.717, 1.165) is 43.1 Å². The smallest absolute Gasteiger partial charge is 0.475 e. The molecule has 10 heteroatoms. The number of fused-ring (bicyclic) bond motifs is 2. The van der Waals surface area contributed by atoms with Crippen LogP contribution in [0.3, 0.4) is 0 Å². The monoisotopic (exact) mass is 455 g/mol. The highest BCUT2D eigenvalue weighted by atomic mass is 19.4. The quantitative estimate of drug-likeness (QED) is 0.648. The van der Waals surface area contributed by atoms with Crippen LogP contribution in [0.2, 0.25) is 0 Å². The molecule has 7 nitrogen and oxygen atoms in total. The van der Waals surface area contributed by atoms with Crippen molar-refractivity contribution < 1.29 is 32.7 Å². The fourth-order valence-electron chi connectivity index (χ4n) is 4.18. The molecular formula is C22H28F3N3O4. The number of benzene rings is 1. The molecule has 4 rings (SSSR count). The summed E-state index contributed by atoms with van der Waals surface area (Å²) in [4.78, 5) is 36.5. The maximum atomic E-state index is 12.8. The van der Waals surface area contributed by atoms with Crippen molar-refractivity contribution in [1.29, 1.82) is 0 Å². The minimum absolute atomic E-state index is 0.0709. The van der Waals surface area contributed by atoms with E-state index < -0.39 is 17.6 Å². The fraction of sp³-hybridized carbons (Fsp3) is 0.591. The fourth-order valence-corrected chi connectivity index (χ4v) is 4.18. The van der Waals surface area contributed by atoms with Gasteiger partial charge in [0.25, 0.3) is 5.91 Å². The van der Waals surface area contributed by atoms with Crippen LogP contribution in [0.1, 0.15) is 55.5 Å². The van der Waals surface area contributed by atoms with E-state index in [1.54, 1.807) is 6.07 Å². The lowest BCUT2D eigenvalue weighted by Crippen LogP contribution is -2.47. The van der Waals surface area contributed by atoms with Crippen LogP contribution < -0.4 is 10.6 Å². The van der Waals surface area contributed by atoms with Crippen LogP contribution >= 0.6 is 0 Å². The highest BCUT2D eigenvalue weighted by Gasteiger charge is 2.48. The Bertz CT molecular complexity index is 889. The Labute approximate surface area is 184 Å². The molecule has 0 bridgehead atoms. The third kappa shape index (κ3) is 5.40. The second-order valence-corrected chi connectivity index (χ2v) is 8.97. The molecular weight excluding hydrogens is 427 g/mol. The van der Waals surface area contributed by atoms with Crippen LogP contribution in [-0.2, 0) is 15.0 Å². The molecule has 2 aliphatic heterocycles. The molecule has 1 aliphatic carbocycles. The van der Waals surface area contributed by atoms with Gasteiger partial charge in [0.05, 0.1) is 5.41 Å². The molecule has 0 radical (unpaired) electrons. The van der Waals surface area contributed by atoms with Gasteiger partial charge < -0.3 is 20.6 Å². The summed E-state index contributed by atoms with van der Waals surface area (Å²) < 4.78 is 31.7. The van der Waals surface area contributed by atoms with Gasteiger partial charge in [0.15, 0.2) is 0 Å². The average Bonchev–Trinajstić information content (AvgIpc) is 3.48. The zero-order valence-electron chi connectivity index (χ0n) is 18.1. The van der Waals surface area contributed by atoms with Crippen molar-refractivity contribution in [2.24, 2.45) is 5.92 Å². The first-order valence-electron chi connectivity index (χ1n) is 10.7. The number of nitrogens with one attached hydrogen (secondary N) is 2. The zero-order chi connectivity index (χ0) is 23.7. The van der Waals surface area contributed by atoms with Gasteiger partial charge in [0, 0.05) is 23.8 Å². The molecule has 3 aliphatic rings. The van der Waals surface area contributed by atoms with Crippen molar-refractivity contribution in [3.05, 3.63) is 29.3 Å². The number of carboxylic acid groups (broad SMARTS) is 1. The summed E-state index contributed by atoms with van der Waals surface area (Å²) in [7, 11) is 0. The van der Waals surface area contributed by atoms with E-state index >= 15 is 0 Å². The summed E-state index contributed by atoms with van der Waals surface area (Å²) in [5.74, 6) is -1.84. The molecule has 3 N–H and O–H groups in total. The minimum atomic E-state index is -5.08. The third-order valence-electron chi connectivity index (χ3n) is 6.07. The van der Waals surface area contributed by atoms with Crippen molar-refractivity contribution in [2.75, 3.05) is 25.0 Å². The van der Waals surface area contributed by atoms with Crippen molar-refractivity contribution in [2.45, 2.75) is 57.2 Å². The van der Waals surface area contributed by atoms with E-state index in [-0.39, 0.29) is 17.9 Å². The number of hydrogen-bond acceptors (Lipinski definition) is 4. The Balaban J connectivity index is 0.000000360. The Morgan fingerprint density at radius 2 is 1.84 bits per heavy atom. The van der Waals surface area contributed by atoms with E-state index in [1.165, 1.54) is 19.4 Å². The van der Waals surface area contributed by atoms with E-state index in [9.17, 15) is 22.8 Å². The van der Waals surface area contributed by atoms with Gasteiger partial charge in [-0.05, 0) is 82.3 Å². The van der Waals surface area contributed by atoms with Crippen LogP contribution in [0.4, 0.5) is 18.9 Å². The molecule has 1 spiro atoms. The number of halogens is 3. The van der Waals surface area contributed by atoms with E-state index in [1.807, 2.05) is 26.0 Å². The Kier molecular flexibility index (Phi) is 6.83. The predicted octanol–water partition coefficient (Wildman–Crippen LogP) is 3.15. The SMILES string of the molecule is CC(C)NC(=O)c1ccc2c(c1)C1(CCN(CC3CC3)CC1)C(=O)N2.O=C(O)C(F)(F)F. The number of aliphatic carboxylic acids is 1. The molecule has 176 valence electrons. The van der Waals surface area contributed by atoms with Crippen molar-refractivity contribution in [3.63, 3.8) is 0 Å². The van der Waals surface area contributed by atoms with Gasteiger partial charge in [-0.2, -0.15) is 13.2 Å². The number of carbonyl (C=O) groups is 3. The lowest BCUT2D eigenvalue weighted by molar-refractivity contribution is -0.192. The summed E-state index contributed by atoms with van der Waals surface area (Å²) in [6.07, 6.45) is -0.680. The standard InChI is InChI=1S/C20H27N3O2.C2HF3O2/c1-13(2)21-18(24)15-5-6-17-16(11-15)20(19(25)22-17)7-9-23(10-8-20)12-14-3-4-14;3-2(4,5)1(6)7/h5-6,11,13-14H,3-4,7-10,12H2,1-2H3,(H,21,24)(H,22,25);(H,6,7). The van der Waals surface area contributed by atoms with Crippen LogP contribution in [-0.4, -0.2) is 59.6 Å². The van der Waals surface area contributed by atoms with Gasteiger partial charge in [-0.25, -0.2) is 4.79 Å². The van der Waals surface area contributed by atoms with Crippen LogP contribution in [0.15, 0.2) is 18.2 Å². The van der Waals surface area contributed by atoms with Gasteiger partial charge in [0.1, 0.15) is 0 Å². The molecule has 1 aromatic carbocycles. The number of hydrogen-bond donors (Lipinski definition) is 3. The zero-order valence-corrected chi connectivity index (χ0v) is 18.1. The molecule has 1 saturated heterocycles. The Hall–Kier alpha value is -2.62. The number of carboxylic acids is 1. The first-order chi connectivity index (χ1) is 14.9. The first kappa shape index (κ1) is 24.0. The molecule has 2 amide bonds. The average molecular weight is 455 g/mol. The van der Waals surface area contributed by atoms with Gasteiger partial charge in [-0.15, -0.1) is 0 Å². The molecule has 2 heterocycles. The van der Waals surface area contributed by atoms with Crippen LogP contribution in [0, 0.1) is 5.92 Å². The third-order valence-corrected chi connectivity index (χ3v) is 6.07. The summed E-state index contributed by atoms with van der Waals surface area (Å²) in [6.45, 7) is 7.01. The summed E-state index contributed by atoms with van der Waals surface area (Å²) in [5, 5.41) is 13.1. The number of rotatable bonds is 4. The van der Waals surface area contributed by atoms with E-state index in [2.05, 4.69) is 15.5 Å². The van der Waals surface area contributed by atoms with Gasteiger partial charge in [-0.1, -0.05) is 0 Å². The second kappa shape index (κ2) is 9.09. The summed E-state index contributed by atoms with van der Waals surface area (Å²) >= 11 is 0. The van der Waals surface area contributed by atoms with Gasteiger partial charge >= 0.3 is 12.1 Å². The molecule has 0 aromatic heterocycles. The Morgan fingerprint density at radius 1 is 1.25 bits per heavy atom. The number of likely N-dealkylation sites (tertiary alicyclic amines) is 1. The summed E-state index contributed by atoms with van der Waals surface area (Å²) in [5.41, 5.74) is 2.08. The van der Waals surface area contributed by atoms with Gasteiger partial charge in [-0.3, -0.25) is 9.59 Å². The molecule has 2 fully saturated rings. The van der Waals surface area contributed by atoms with Gasteiger partial charge in [0.2, 0.25) is 5.91 Å². The van der Waals surface area contributed by atoms with Crippen molar-refractivity contribution in [3.8, 4) is 0 Å². The van der Waals surface area contributed by atoms with E-state index in [0.29, 0.717) is 5.56 Å². The number of piperidine rings is 1. The summed E-state index contributed by atoms with van der Waals surface area (Å²) in [6, 6.07) is 5.72. The Morgan fingerprint density at radius 3 is 2.34 bits per heavy atom. The number of alkyl halides is 3. The highest BCUT2D eigenvalue weighted by molar-refractivity contribution is 6.07. The highest BCUT2D eigenvalue weighted by Crippen LogP contribution is 2.45. The number of amides is 2. The largest absolute Gasteiger partial charge is 0.490 e. The second-order valence-electron chi connectivity index (χ2n) is 8.97. The van der Waals surface area contributed by atoms with Crippen LogP contribution in [0.25, 0.3) is 0 Å². The predicted molar refractivity (Wildman–Crippen MR) is 111 cm³/mol. The minimum Gasteiger partial charge on any atom is -0.475 e. The van der Waals surface area contributed by atoms with Crippen molar-refractivity contribution >= 4 is 23.5 Å². The lowest BCUT2D eigenvalue weighted by Gasteiger charge is -2.38. The normalized spacial score (nSPS) is 19.8. The molecule has 0 unspecified atom stereocenters. The molecule has 32 heavy (non-hydrogen) atoms. The van der Waals surface area contributed by atoms with Crippen LogP contribution in [0.5, 0.6) is 0 Å². The number of anilines is 1. The molecule has 1 saturated carbocycles. The topological polar surface area (TPSA) is 98.7 Å². The number of carbonyl (C=O) groups excluding carboxylic acids is 2. The molecule has 1 aromatic rings. The first-order valence-corrected chi connectivity index (χ1v) is 10.7. The maximum absolute atomic E-state index is 12.8. The maximum Gasteiger partial charge on any atom is 0.490 e. The van der Waals surface area contributed by atoms with E-state index in [4.69, 9.17) is 9.90 Å². The lowest BCUT2D eigenvalue weighted by atomic mass is 9.73. The number of nitrogens with zero attached hydrogens (tertiary/aromatic N) is 1. The molecule has 0 atom stereocenters.